The van der Waals surface area contributed by atoms with Crippen molar-refractivity contribution >= 4 is 17.5 Å². The largest absolute Gasteiger partial charge is 0.355 e. The molecule has 1 aromatic heterocycles. The van der Waals surface area contributed by atoms with Crippen LogP contribution in [0.2, 0.25) is 0 Å². The highest BCUT2D eigenvalue weighted by Gasteiger charge is 2.11. The second-order valence-corrected chi connectivity index (χ2v) is 5.47. The Labute approximate surface area is 144 Å². The number of anilines is 1. The molecule has 0 bridgehead atoms. The zero-order valence-electron chi connectivity index (χ0n) is 13.8. The van der Waals surface area contributed by atoms with E-state index < -0.39 is 0 Å². The van der Waals surface area contributed by atoms with Crippen LogP contribution < -0.4 is 10.6 Å². The van der Waals surface area contributed by atoms with E-state index in [1.165, 1.54) is 6.33 Å². The Balaban J connectivity index is 1.79. The number of aryl methyl sites for hydroxylation is 1. The Morgan fingerprint density at radius 3 is 2.36 bits per heavy atom. The molecule has 3 aromatic rings. The first kappa shape index (κ1) is 16.4. The average Bonchev–Trinajstić information content (AvgIpc) is 3.17. The van der Waals surface area contributed by atoms with E-state index in [1.54, 1.807) is 49.5 Å². The highest BCUT2D eigenvalue weighted by molar-refractivity contribution is 6.05. The van der Waals surface area contributed by atoms with Gasteiger partial charge in [0.05, 0.1) is 0 Å². The molecule has 0 radical (unpaired) electrons. The highest BCUT2D eigenvalue weighted by atomic mass is 16.2. The van der Waals surface area contributed by atoms with Crippen LogP contribution in [0.3, 0.4) is 0 Å². The van der Waals surface area contributed by atoms with Crippen LogP contribution in [-0.2, 0) is 0 Å². The number of hydrogen-bond acceptors (Lipinski definition) is 4. The average molecular weight is 335 g/mol. The van der Waals surface area contributed by atoms with Crippen molar-refractivity contribution in [2.24, 2.45) is 0 Å². The fourth-order valence-electron chi connectivity index (χ4n) is 2.36. The molecule has 126 valence electrons. The summed E-state index contributed by atoms with van der Waals surface area (Å²) >= 11 is 0. The van der Waals surface area contributed by atoms with Gasteiger partial charge in [0.2, 0.25) is 0 Å². The van der Waals surface area contributed by atoms with E-state index in [9.17, 15) is 9.59 Å². The summed E-state index contributed by atoms with van der Waals surface area (Å²) in [6, 6.07) is 12.2. The lowest BCUT2D eigenvalue weighted by Gasteiger charge is -2.10. The zero-order valence-corrected chi connectivity index (χ0v) is 13.8. The molecule has 7 nitrogen and oxygen atoms in total. The van der Waals surface area contributed by atoms with Gasteiger partial charge in [-0.2, -0.15) is 5.10 Å². The summed E-state index contributed by atoms with van der Waals surface area (Å²) in [7, 11) is 1.57. The SMILES string of the molecule is CNC(=O)c1ccc(C)c(NC(=O)c2ccc(-c3ncn[nH]3)cc2)c1. The Morgan fingerprint density at radius 2 is 1.72 bits per heavy atom. The normalized spacial score (nSPS) is 10.3. The van der Waals surface area contributed by atoms with Gasteiger partial charge >= 0.3 is 0 Å². The first-order chi connectivity index (χ1) is 12.1. The minimum Gasteiger partial charge on any atom is -0.355 e. The predicted octanol–water partition coefficient (Wildman–Crippen LogP) is 2.39. The Bertz CT molecular complexity index is 902. The first-order valence-corrected chi connectivity index (χ1v) is 7.68. The number of aromatic nitrogens is 3. The number of hydrogen-bond donors (Lipinski definition) is 3. The summed E-state index contributed by atoms with van der Waals surface area (Å²) in [5, 5.41) is 12.0. The van der Waals surface area contributed by atoms with Crippen molar-refractivity contribution < 1.29 is 9.59 Å². The van der Waals surface area contributed by atoms with Crippen LogP contribution in [0.5, 0.6) is 0 Å². The van der Waals surface area contributed by atoms with Gasteiger partial charge in [-0.15, -0.1) is 0 Å². The van der Waals surface area contributed by atoms with Gasteiger partial charge in [0.25, 0.3) is 11.8 Å². The molecule has 0 saturated carbocycles. The van der Waals surface area contributed by atoms with Crippen molar-refractivity contribution in [2.75, 3.05) is 12.4 Å². The maximum atomic E-state index is 12.5. The Morgan fingerprint density at radius 1 is 1.00 bits per heavy atom. The number of nitrogens with one attached hydrogen (secondary N) is 3. The second-order valence-electron chi connectivity index (χ2n) is 5.47. The number of amides is 2. The maximum Gasteiger partial charge on any atom is 0.255 e. The lowest BCUT2D eigenvalue weighted by atomic mass is 10.1. The summed E-state index contributed by atoms with van der Waals surface area (Å²) in [6.07, 6.45) is 1.43. The Hall–Kier alpha value is -3.48. The zero-order chi connectivity index (χ0) is 17.8. The lowest BCUT2D eigenvalue weighted by Crippen LogP contribution is -2.19. The van der Waals surface area contributed by atoms with Crippen LogP contribution in [0.1, 0.15) is 26.3 Å². The minimum absolute atomic E-state index is 0.202. The van der Waals surface area contributed by atoms with Gasteiger partial charge in [-0.25, -0.2) is 4.98 Å². The van der Waals surface area contributed by atoms with Gasteiger partial charge in [0, 0.05) is 29.4 Å². The molecule has 0 spiro atoms. The summed E-state index contributed by atoms with van der Waals surface area (Å²) in [4.78, 5) is 28.3. The molecular formula is C18H17N5O2. The van der Waals surface area contributed by atoms with Crippen molar-refractivity contribution in [2.45, 2.75) is 6.92 Å². The van der Waals surface area contributed by atoms with E-state index in [0.717, 1.165) is 11.1 Å². The maximum absolute atomic E-state index is 12.5. The summed E-state index contributed by atoms with van der Waals surface area (Å²) in [5.74, 6) is 0.189. The van der Waals surface area contributed by atoms with Crippen molar-refractivity contribution in [3.05, 3.63) is 65.5 Å². The number of carbonyl (C=O) groups excluding carboxylic acids is 2. The molecule has 0 saturated heterocycles. The van der Waals surface area contributed by atoms with Gasteiger partial charge in [0.15, 0.2) is 5.82 Å². The van der Waals surface area contributed by atoms with Gasteiger partial charge in [-0.1, -0.05) is 18.2 Å². The van der Waals surface area contributed by atoms with E-state index in [4.69, 9.17) is 0 Å². The first-order valence-electron chi connectivity index (χ1n) is 7.68. The third kappa shape index (κ3) is 3.55. The number of aromatic amines is 1. The van der Waals surface area contributed by atoms with Crippen molar-refractivity contribution in [1.29, 1.82) is 0 Å². The molecule has 3 N–H and O–H groups in total. The molecule has 1 heterocycles. The van der Waals surface area contributed by atoms with Crippen LogP contribution in [0, 0.1) is 6.92 Å². The van der Waals surface area contributed by atoms with Crippen LogP contribution in [0.15, 0.2) is 48.8 Å². The monoisotopic (exact) mass is 335 g/mol. The fraction of sp³-hybridized carbons (Fsp3) is 0.111. The predicted molar refractivity (Wildman–Crippen MR) is 94.3 cm³/mol. The molecule has 0 aliphatic heterocycles. The number of carbonyl (C=O) groups is 2. The van der Waals surface area contributed by atoms with Crippen LogP contribution in [0.25, 0.3) is 11.4 Å². The van der Waals surface area contributed by atoms with E-state index in [0.29, 0.717) is 22.6 Å². The fourth-order valence-corrected chi connectivity index (χ4v) is 2.36. The standard InChI is InChI=1S/C18H17N5O2/c1-11-3-4-14(17(24)19-2)9-15(11)22-18(25)13-7-5-12(6-8-13)16-20-10-21-23-16/h3-10H,1-2H3,(H,19,24)(H,22,25)(H,20,21,23). The smallest absolute Gasteiger partial charge is 0.255 e. The molecule has 0 aliphatic rings. The summed E-state index contributed by atoms with van der Waals surface area (Å²) < 4.78 is 0. The Kier molecular flexibility index (Phi) is 4.56. The number of H-pyrrole nitrogens is 1. The third-order valence-electron chi connectivity index (χ3n) is 3.81. The van der Waals surface area contributed by atoms with Crippen LogP contribution >= 0.6 is 0 Å². The molecule has 0 atom stereocenters. The van der Waals surface area contributed by atoms with Gasteiger partial charge in [0.1, 0.15) is 6.33 Å². The van der Waals surface area contributed by atoms with E-state index >= 15 is 0 Å². The topological polar surface area (TPSA) is 99.8 Å². The van der Waals surface area contributed by atoms with Gasteiger partial charge < -0.3 is 10.6 Å². The number of rotatable bonds is 4. The third-order valence-corrected chi connectivity index (χ3v) is 3.81. The van der Waals surface area contributed by atoms with Crippen LogP contribution in [0.4, 0.5) is 5.69 Å². The molecule has 3 rings (SSSR count). The van der Waals surface area contributed by atoms with Crippen LogP contribution in [-0.4, -0.2) is 34.0 Å². The molecule has 7 heteroatoms. The molecule has 0 aliphatic carbocycles. The van der Waals surface area contributed by atoms with E-state index in [2.05, 4.69) is 25.8 Å². The van der Waals surface area contributed by atoms with Crippen molar-refractivity contribution in [1.82, 2.24) is 20.5 Å². The lowest BCUT2D eigenvalue weighted by molar-refractivity contribution is 0.0961. The van der Waals surface area contributed by atoms with E-state index in [-0.39, 0.29) is 11.8 Å². The van der Waals surface area contributed by atoms with Gasteiger partial charge in [-0.3, -0.25) is 14.7 Å². The van der Waals surface area contributed by atoms with E-state index in [1.807, 2.05) is 6.92 Å². The summed E-state index contributed by atoms with van der Waals surface area (Å²) in [6.45, 7) is 1.87. The number of nitrogens with zero attached hydrogens (tertiary/aromatic N) is 2. The highest BCUT2D eigenvalue weighted by Crippen LogP contribution is 2.19. The summed E-state index contributed by atoms with van der Waals surface area (Å²) in [5.41, 5.74) is 3.31. The molecule has 25 heavy (non-hydrogen) atoms. The molecule has 2 amide bonds. The van der Waals surface area contributed by atoms with Crippen molar-refractivity contribution in [3.63, 3.8) is 0 Å². The molecular weight excluding hydrogens is 318 g/mol. The quantitative estimate of drug-likeness (QED) is 0.681. The molecule has 0 fully saturated rings. The van der Waals surface area contributed by atoms with Crippen molar-refractivity contribution in [3.8, 4) is 11.4 Å². The number of benzene rings is 2. The molecule has 2 aromatic carbocycles. The second kappa shape index (κ2) is 6.96. The van der Waals surface area contributed by atoms with Gasteiger partial charge in [-0.05, 0) is 36.8 Å². The minimum atomic E-state index is -0.249. The molecule has 0 unspecified atom stereocenters.